The molecule has 0 bridgehead atoms. The maximum atomic E-state index is 9.10. The molecule has 2 N–H and O–H groups in total. The zero-order valence-corrected chi connectivity index (χ0v) is 16.0. The minimum atomic E-state index is -1.82. The van der Waals surface area contributed by atoms with Gasteiger partial charge in [0.05, 0.1) is 7.11 Å². The second-order valence-electron chi connectivity index (χ2n) is 6.46. The van der Waals surface area contributed by atoms with Crippen LogP contribution in [-0.2, 0) is 22.7 Å². The summed E-state index contributed by atoms with van der Waals surface area (Å²) in [6, 6.07) is 19.1. The number of piperazine rings is 1. The average Bonchev–Trinajstić information content (AvgIpc) is 2.71. The smallest absolute Gasteiger partial charge is 0.414 e. The summed E-state index contributed by atoms with van der Waals surface area (Å²) in [7, 11) is 1.75. The Morgan fingerprint density at radius 1 is 0.821 bits per heavy atom. The van der Waals surface area contributed by atoms with Crippen molar-refractivity contribution in [3.05, 3.63) is 65.7 Å². The molecule has 2 aromatic rings. The van der Waals surface area contributed by atoms with Gasteiger partial charge in [-0.05, 0) is 11.6 Å². The molecule has 0 unspecified atom stereocenters. The number of methoxy groups -OCH3 is 1. The van der Waals surface area contributed by atoms with E-state index in [0.717, 1.165) is 45.0 Å². The van der Waals surface area contributed by atoms with Crippen LogP contribution in [0.5, 0.6) is 5.75 Å². The van der Waals surface area contributed by atoms with Crippen LogP contribution in [0.2, 0.25) is 0 Å². The second-order valence-corrected chi connectivity index (χ2v) is 6.46. The number of nitrogens with zero attached hydrogens (tertiary/aromatic N) is 2. The van der Waals surface area contributed by atoms with Crippen molar-refractivity contribution in [3.63, 3.8) is 0 Å². The van der Waals surface area contributed by atoms with Gasteiger partial charge in [-0.3, -0.25) is 9.80 Å². The standard InChI is InChI=1S/C19H24N2O.C2H2O4/c1-22-19-10-6-5-9-18(19)16-21-13-11-20(12-14-21)15-17-7-3-2-4-8-17;3-1(4)2(5)6/h2-10H,11-16H2,1H3;(H,3,4)(H,5,6). The molecule has 1 saturated heterocycles. The van der Waals surface area contributed by atoms with Crippen molar-refractivity contribution in [2.45, 2.75) is 13.1 Å². The first-order chi connectivity index (χ1) is 13.5. The molecule has 0 radical (unpaired) electrons. The molecular weight excluding hydrogens is 360 g/mol. The maximum Gasteiger partial charge on any atom is 0.414 e. The van der Waals surface area contributed by atoms with Crippen molar-refractivity contribution in [2.75, 3.05) is 33.3 Å². The summed E-state index contributed by atoms with van der Waals surface area (Å²) >= 11 is 0. The van der Waals surface area contributed by atoms with Crippen LogP contribution in [0.15, 0.2) is 54.6 Å². The van der Waals surface area contributed by atoms with Gasteiger partial charge >= 0.3 is 11.9 Å². The fourth-order valence-electron chi connectivity index (χ4n) is 3.02. The van der Waals surface area contributed by atoms with E-state index >= 15 is 0 Å². The van der Waals surface area contributed by atoms with Crippen LogP contribution >= 0.6 is 0 Å². The lowest BCUT2D eigenvalue weighted by Crippen LogP contribution is -2.45. The van der Waals surface area contributed by atoms with Crippen LogP contribution in [-0.4, -0.2) is 65.2 Å². The van der Waals surface area contributed by atoms with E-state index in [1.807, 2.05) is 12.1 Å². The maximum absolute atomic E-state index is 9.10. The van der Waals surface area contributed by atoms with E-state index in [1.54, 1.807) is 7.11 Å². The van der Waals surface area contributed by atoms with Gasteiger partial charge in [0.15, 0.2) is 0 Å². The summed E-state index contributed by atoms with van der Waals surface area (Å²) in [6.45, 7) is 6.52. The van der Waals surface area contributed by atoms with Gasteiger partial charge in [-0.2, -0.15) is 0 Å². The molecule has 0 spiro atoms. The first-order valence-electron chi connectivity index (χ1n) is 9.06. The molecule has 1 aliphatic heterocycles. The van der Waals surface area contributed by atoms with Crippen molar-refractivity contribution in [2.24, 2.45) is 0 Å². The molecule has 3 rings (SSSR count). The van der Waals surface area contributed by atoms with Crippen LogP contribution in [0.4, 0.5) is 0 Å². The molecule has 1 aliphatic rings. The monoisotopic (exact) mass is 386 g/mol. The first-order valence-corrected chi connectivity index (χ1v) is 9.06. The summed E-state index contributed by atoms with van der Waals surface area (Å²) < 4.78 is 5.45. The van der Waals surface area contributed by atoms with E-state index in [2.05, 4.69) is 52.3 Å². The molecule has 0 atom stereocenters. The molecule has 0 aromatic heterocycles. The van der Waals surface area contributed by atoms with E-state index in [1.165, 1.54) is 11.1 Å². The number of aliphatic carboxylic acids is 2. The fourth-order valence-corrected chi connectivity index (χ4v) is 3.02. The van der Waals surface area contributed by atoms with Gasteiger partial charge in [0.1, 0.15) is 5.75 Å². The number of para-hydroxylation sites is 1. The number of ether oxygens (including phenoxy) is 1. The number of hydrogen-bond acceptors (Lipinski definition) is 5. The van der Waals surface area contributed by atoms with Gasteiger partial charge in [-0.15, -0.1) is 0 Å². The Labute approximate surface area is 164 Å². The third-order valence-corrected chi connectivity index (χ3v) is 4.48. The van der Waals surface area contributed by atoms with Gasteiger partial charge in [-0.1, -0.05) is 48.5 Å². The fraction of sp³-hybridized carbons (Fsp3) is 0.333. The van der Waals surface area contributed by atoms with Gasteiger partial charge in [-0.25, -0.2) is 9.59 Å². The zero-order chi connectivity index (χ0) is 20.4. The Bertz CT molecular complexity index is 746. The summed E-state index contributed by atoms with van der Waals surface area (Å²) in [5.74, 6) is -2.65. The van der Waals surface area contributed by atoms with E-state index in [9.17, 15) is 0 Å². The first kappa shape index (κ1) is 21.4. The average molecular weight is 386 g/mol. The number of benzene rings is 2. The number of carboxylic acids is 2. The molecule has 150 valence electrons. The normalized spacial score (nSPS) is 14.6. The second kappa shape index (κ2) is 11.1. The molecule has 1 fully saturated rings. The molecule has 7 heteroatoms. The molecule has 7 nitrogen and oxygen atoms in total. The van der Waals surface area contributed by atoms with Gasteiger partial charge in [0, 0.05) is 44.8 Å². The van der Waals surface area contributed by atoms with Gasteiger partial charge < -0.3 is 14.9 Å². The predicted octanol–water partition coefficient (Wildman–Crippen LogP) is 2.17. The molecule has 1 heterocycles. The summed E-state index contributed by atoms with van der Waals surface area (Å²) in [5, 5.41) is 14.8. The Hall–Kier alpha value is -2.90. The minimum Gasteiger partial charge on any atom is -0.496 e. The Balaban J connectivity index is 0.000000409. The van der Waals surface area contributed by atoms with E-state index in [-0.39, 0.29) is 0 Å². The lowest BCUT2D eigenvalue weighted by molar-refractivity contribution is -0.159. The highest BCUT2D eigenvalue weighted by atomic mass is 16.5. The summed E-state index contributed by atoms with van der Waals surface area (Å²) in [5.41, 5.74) is 2.68. The number of carbonyl (C=O) groups is 2. The summed E-state index contributed by atoms with van der Waals surface area (Å²) in [6.07, 6.45) is 0. The van der Waals surface area contributed by atoms with Crippen molar-refractivity contribution in [3.8, 4) is 5.75 Å². The topological polar surface area (TPSA) is 90.3 Å². The van der Waals surface area contributed by atoms with Crippen LogP contribution < -0.4 is 4.74 Å². The van der Waals surface area contributed by atoms with Gasteiger partial charge in [0.25, 0.3) is 0 Å². The molecular formula is C21H26N2O5. The molecule has 0 aliphatic carbocycles. The van der Waals surface area contributed by atoms with E-state index in [4.69, 9.17) is 24.5 Å². The van der Waals surface area contributed by atoms with E-state index < -0.39 is 11.9 Å². The van der Waals surface area contributed by atoms with Crippen molar-refractivity contribution in [1.82, 2.24) is 9.80 Å². The molecule has 2 aromatic carbocycles. The van der Waals surface area contributed by atoms with Crippen molar-refractivity contribution >= 4 is 11.9 Å². The molecule has 0 amide bonds. The Morgan fingerprint density at radius 2 is 1.32 bits per heavy atom. The van der Waals surface area contributed by atoms with E-state index in [0.29, 0.717) is 0 Å². The molecule has 28 heavy (non-hydrogen) atoms. The predicted molar refractivity (Wildman–Crippen MR) is 105 cm³/mol. The third kappa shape index (κ3) is 7.02. The third-order valence-electron chi connectivity index (χ3n) is 4.48. The lowest BCUT2D eigenvalue weighted by Gasteiger charge is -2.35. The van der Waals surface area contributed by atoms with Crippen LogP contribution in [0.1, 0.15) is 11.1 Å². The Morgan fingerprint density at radius 3 is 1.86 bits per heavy atom. The minimum absolute atomic E-state index is 0.975. The molecule has 0 saturated carbocycles. The largest absolute Gasteiger partial charge is 0.496 e. The summed E-state index contributed by atoms with van der Waals surface area (Å²) in [4.78, 5) is 23.2. The SMILES string of the molecule is COc1ccccc1CN1CCN(Cc2ccccc2)CC1.O=C(O)C(=O)O. The highest BCUT2D eigenvalue weighted by Crippen LogP contribution is 2.20. The van der Waals surface area contributed by atoms with Crippen molar-refractivity contribution in [1.29, 1.82) is 0 Å². The highest BCUT2D eigenvalue weighted by molar-refractivity contribution is 6.27. The van der Waals surface area contributed by atoms with Crippen LogP contribution in [0, 0.1) is 0 Å². The number of carboxylic acid groups (broad SMARTS) is 2. The quantitative estimate of drug-likeness (QED) is 0.761. The zero-order valence-electron chi connectivity index (χ0n) is 16.0. The Kier molecular flexibility index (Phi) is 8.45. The number of hydrogen-bond donors (Lipinski definition) is 2. The van der Waals surface area contributed by atoms with Crippen LogP contribution in [0.3, 0.4) is 0 Å². The van der Waals surface area contributed by atoms with Gasteiger partial charge in [0.2, 0.25) is 0 Å². The van der Waals surface area contributed by atoms with Crippen LogP contribution in [0.25, 0.3) is 0 Å². The number of rotatable bonds is 5. The van der Waals surface area contributed by atoms with Crippen molar-refractivity contribution < 1.29 is 24.5 Å². The lowest BCUT2D eigenvalue weighted by atomic mass is 10.1. The highest BCUT2D eigenvalue weighted by Gasteiger charge is 2.18.